The predicted molar refractivity (Wildman–Crippen MR) is 119 cm³/mol. The Hall–Kier alpha value is -2.58. The van der Waals surface area contributed by atoms with Gasteiger partial charge in [-0.05, 0) is 37.5 Å². The number of amides is 1. The Balaban J connectivity index is 1.56. The topological polar surface area (TPSA) is 84.9 Å². The van der Waals surface area contributed by atoms with Crippen molar-refractivity contribution in [3.63, 3.8) is 0 Å². The number of ether oxygens (including phenoxy) is 2. The van der Waals surface area contributed by atoms with Gasteiger partial charge in [-0.1, -0.05) is 30.3 Å². The van der Waals surface area contributed by atoms with Crippen molar-refractivity contribution in [3.8, 4) is 11.5 Å². The van der Waals surface area contributed by atoms with Gasteiger partial charge < -0.3 is 14.8 Å². The number of nitrogens with zero attached hydrogens (tertiary/aromatic N) is 1. The van der Waals surface area contributed by atoms with Crippen molar-refractivity contribution in [1.29, 1.82) is 0 Å². The lowest BCUT2D eigenvalue weighted by Gasteiger charge is -2.31. The number of carbonyl (C=O) groups excluding carboxylic acids is 1. The van der Waals surface area contributed by atoms with E-state index in [0.29, 0.717) is 37.4 Å². The molecule has 168 valence electrons. The molecule has 1 amide bonds. The van der Waals surface area contributed by atoms with E-state index in [1.54, 1.807) is 20.3 Å². The van der Waals surface area contributed by atoms with Crippen LogP contribution in [0.25, 0.3) is 0 Å². The van der Waals surface area contributed by atoms with E-state index in [1.165, 1.54) is 4.31 Å². The number of benzene rings is 2. The average molecular weight is 447 g/mol. The molecule has 1 saturated heterocycles. The normalized spacial score (nSPS) is 16.5. The first-order valence-corrected chi connectivity index (χ1v) is 12.0. The second kappa shape index (κ2) is 10.2. The summed E-state index contributed by atoms with van der Waals surface area (Å²) in [6.07, 6.45) is 1.01. The third-order valence-corrected chi connectivity index (χ3v) is 7.53. The molecule has 2 aromatic carbocycles. The number of piperidine rings is 1. The number of nitrogens with one attached hydrogen (secondary N) is 1. The summed E-state index contributed by atoms with van der Waals surface area (Å²) >= 11 is 0. The second-order valence-corrected chi connectivity index (χ2v) is 9.72. The monoisotopic (exact) mass is 446 g/mol. The van der Waals surface area contributed by atoms with Crippen LogP contribution in [0.5, 0.6) is 11.5 Å². The molecular formula is C23H30N2O5S. The highest BCUT2D eigenvalue weighted by Gasteiger charge is 2.31. The second-order valence-electron chi connectivity index (χ2n) is 7.75. The highest BCUT2D eigenvalue weighted by Crippen LogP contribution is 2.30. The summed E-state index contributed by atoms with van der Waals surface area (Å²) in [5.41, 5.74) is 1.63. The van der Waals surface area contributed by atoms with E-state index in [2.05, 4.69) is 5.32 Å². The number of carbonyl (C=O) groups is 1. The van der Waals surface area contributed by atoms with Gasteiger partial charge in [-0.3, -0.25) is 4.79 Å². The minimum atomic E-state index is -3.39. The van der Waals surface area contributed by atoms with E-state index in [1.807, 2.05) is 49.4 Å². The summed E-state index contributed by atoms with van der Waals surface area (Å²) in [6.45, 7) is 2.61. The number of hydrogen-bond donors (Lipinski definition) is 1. The van der Waals surface area contributed by atoms with Gasteiger partial charge >= 0.3 is 0 Å². The molecule has 3 rings (SSSR count). The Labute approximate surface area is 184 Å². The summed E-state index contributed by atoms with van der Waals surface area (Å²) in [6, 6.07) is 14.4. The largest absolute Gasteiger partial charge is 0.497 e. The Morgan fingerprint density at radius 2 is 1.77 bits per heavy atom. The molecule has 0 aromatic heterocycles. The van der Waals surface area contributed by atoms with Gasteiger partial charge in [0, 0.05) is 30.6 Å². The number of rotatable bonds is 8. The Kier molecular flexibility index (Phi) is 7.56. The number of hydrogen-bond acceptors (Lipinski definition) is 5. The molecule has 0 aliphatic carbocycles. The van der Waals surface area contributed by atoms with Gasteiger partial charge in [0.25, 0.3) is 0 Å². The average Bonchev–Trinajstić information content (AvgIpc) is 2.79. The van der Waals surface area contributed by atoms with Crippen LogP contribution < -0.4 is 14.8 Å². The summed E-state index contributed by atoms with van der Waals surface area (Å²) in [5, 5.41) is 3.04. The molecule has 1 N–H and O–H groups in total. The van der Waals surface area contributed by atoms with Gasteiger partial charge in [0.2, 0.25) is 15.9 Å². The zero-order valence-electron chi connectivity index (χ0n) is 18.2. The maximum Gasteiger partial charge on any atom is 0.223 e. The summed E-state index contributed by atoms with van der Waals surface area (Å²) in [4.78, 5) is 12.8. The summed E-state index contributed by atoms with van der Waals surface area (Å²) in [7, 11) is -0.223. The van der Waals surface area contributed by atoms with E-state index < -0.39 is 10.0 Å². The standard InChI is InChI=1S/C23H30N2O5S/c1-17(21-10-9-20(29-2)15-22(21)30-3)24-23(26)19-11-13-25(14-12-19)31(27,28)16-18-7-5-4-6-8-18/h4-10,15,17,19H,11-14,16H2,1-3H3,(H,24,26). The van der Waals surface area contributed by atoms with E-state index in [4.69, 9.17) is 9.47 Å². The lowest BCUT2D eigenvalue weighted by molar-refractivity contribution is -0.126. The van der Waals surface area contributed by atoms with Crippen LogP contribution in [-0.2, 0) is 20.6 Å². The molecule has 8 heteroatoms. The van der Waals surface area contributed by atoms with Crippen LogP contribution in [0.2, 0.25) is 0 Å². The van der Waals surface area contributed by atoms with Crippen LogP contribution in [0.3, 0.4) is 0 Å². The molecule has 0 saturated carbocycles. The SMILES string of the molecule is COc1ccc(C(C)NC(=O)C2CCN(S(=O)(=O)Cc3ccccc3)CC2)c(OC)c1. The van der Waals surface area contributed by atoms with Crippen LogP contribution in [0.4, 0.5) is 0 Å². The summed E-state index contributed by atoms with van der Waals surface area (Å²) < 4.78 is 37.6. The lowest BCUT2D eigenvalue weighted by Crippen LogP contribution is -2.43. The fourth-order valence-electron chi connectivity index (χ4n) is 3.86. The lowest BCUT2D eigenvalue weighted by atomic mass is 9.96. The van der Waals surface area contributed by atoms with Crippen LogP contribution >= 0.6 is 0 Å². The molecule has 1 aliphatic rings. The predicted octanol–water partition coefficient (Wildman–Crippen LogP) is 3.12. The van der Waals surface area contributed by atoms with Crippen molar-refractivity contribution in [1.82, 2.24) is 9.62 Å². The minimum absolute atomic E-state index is 0.0149. The van der Waals surface area contributed by atoms with Crippen molar-refractivity contribution in [2.24, 2.45) is 5.92 Å². The van der Waals surface area contributed by atoms with Crippen molar-refractivity contribution in [3.05, 3.63) is 59.7 Å². The van der Waals surface area contributed by atoms with E-state index in [-0.39, 0.29) is 23.6 Å². The molecule has 0 spiro atoms. The van der Waals surface area contributed by atoms with Crippen LogP contribution in [0.15, 0.2) is 48.5 Å². The van der Waals surface area contributed by atoms with Gasteiger partial charge in [0.05, 0.1) is 26.0 Å². The maximum absolute atomic E-state index is 12.8. The fourth-order valence-corrected chi connectivity index (χ4v) is 5.42. The molecule has 1 atom stereocenters. The van der Waals surface area contributed by atoms with Crippen molar-refractivity contribution < 1.29 is 22.7 Å². The Morgan fingerprint density at radius 3 is 2.39 bits per heavy atom. The van der Waals surface area contributed by atoms with E-state index in [0.717, 1.165) is 11.1 Å². The molecule has 0 bridgehead atoms. The van der Waals surface area contributed by atoms with E-state index >= 15 is 0 Å². The highest BCUT2D eigenvalue weighted by molar-refractivity contribution is 7.88. The molecule has 1 fully saturated rings. The van der Waals surface area contributed by atoms with Crippen molar-refractivity contribution in [2.75, 3.05) is 27.3 Å². The maximum atomic E-state index is 12.8. The van der Waals surface area contributed by atoms with E-state index in [9.17, 15) is 13.2 Å². The van der Waals surface area contributed by atoms with Gasteiger partial charge in [-0.2, -0.15) is 0 Å². The molecule has 1 heterocycles. The molecule has 7 nitrogen and oxygen atoms in total. The van der Waals surface area contributed by atoms with Crippen LogP contribution in [0, 0.1) is 5.92 Å². The Bertz CT molecular complexity index is 986. The molecule has 2 aromatic rings. The number of sulfonamides is 1. The highest BCUT2D eigenvalue weighted by atomic mass is 32.2. The Morgan fingerprint density at radius 1 is 1.10 bits per heavy atom. The van der Waals surface area contributed by atoms with Crippen molar-refractivity contribution in [2.45, 2.75) is 31.6 Å². The zero-order chi connectivity index (χ0) is 22.4. The minimum Gasteiger partial charge on any atom is -0.497 e. The van der Waals surface area contributed by atoms with Gasteiger partial charge in [-0.15, -0.1) is 0 Å². The third kappa shape index (κ3) is 5.77. The van der Waals surface area contributed by atoms with Gasteiger partial charge in [-0.25, -0.2) is 12.7 Å². The number of methoxy groups -OCH3 is 2. The molecular weight excluding hydrogens is 416 g/mol. The summed E-state index contributed by atoms with van der Waals surface area (Å²) in [5.74, 6) is 1.04. The first-order chi connectivity index (χ1) is 14.8. The van der Waals surface area contributed by atoms with Crippen LogP contribution in [-0.4, -0.2) is 45.9 Å². The first-order valence-electron chi connectivity index (χ1n) is 10.4. The molecule has 31 heavy (non-hydrogen) atoms. The van der Waals surface area contributed by atoms with Crippen molar-refractivity contribution >= 4 is 15.9 Å². The smallest absolute Gasteiger partial charge is 0.223 e. The van der Waals surface area contributed by atoms with Gasteiger partial charge in [0.15, 0.2) is 0 Å². The van der Waals surface area contributed by atoms with Crippen LogP contribution in [0.1, 0.15) is 36.9 Å². The molecule has 1 unspecified atom stereocenters. The first kappa shape index (κ1) is 23.1. The molecule has 0 radical (unpaired) electrons. The zero-order valence-corrected chi connectivity index (χ0v) is 19.0. The fraction of sp³-hybridized carbons (Fsp3) is 0.435. The molecule has 1 aliphatic heterocycles. The van der Waals surface area contributed by atoms with Gasteiger partial charge in [0.1, 0.15) is 11.5 Å². The quantitative estimate of drug-likeness (QED) is 0.673. The third-order valence-electron chi connectivity index (χ3n) is 5.68.